The Morgan fingerprint density at radius 2 is 2.15 bits per heavy atom. The zero-order chi connectivity index (χ0) is 9.52. The van der Waals surface area contributed by atoms with E-state index in [1.165, 1.54) is 19.4 Å². The van der Waals surface area contributed by atoms with Crippen LogP contribution in [0.4, 0.5) is 0 Å². The van der Waals surface area contributed by atoms with Gasteiger partial charge in [-0.25, -0.2) is 0 Å². The summed E-state index contributed by atoms with van der Waals surface area (Å²) in [5.74, 6) is 0.956. The van der Waals surface area contributed by atoms with Gasteiger partial charge >= 0.3 is 0 Å². The molecule has 0 aliphatic heterocycles. The van der Waals surface area contributed by atoms with E-state index in [1.54, 1.807) is 0 Å². The van der Waals surface area contributed by atoms with Gasteiger partial charge in [0.15, 0.2) is 0 Å². The van der Waals surface area contributed by atoms with E-state index in [0.29, 0.717) is 6.61 Å². The molecule has 3 nitrogen and oxygen atoms in total. The third-order valence-electron chi connectivity index (χ3n) is 2.45. The largest absolute Gasteiger partial charge is 0.394 e. The van der Waals surface area contributed by atoms with Gasteiger partial charge in [-0.05, 0) is 25.3 Å². The van der Waals surface area contributed by atoms with E-state index in [4.69, 9.17) is 9.84 Å². The molecule has 0 aromatic rings. The first-order valence-corrected chi connectivity index (χ1v) is 5.27. The van der Waals surface area contributed by atoms with Gasteiger partial charge in [0, 0.05) is 13.1 Å². The molecule has 1 fully saturated rings. The Bertz CT molecular complexity index is 126. The van der Waals surface area contributed by atoms with Crippen molar-refractivity contribution >= 4 is 0 Å². The highest BCUT2D eigenvalue weighted by molar-refractivity contribution is 4.76. The minimum Gasteiger partial charge on any atom is -0.394 e. The van der Waals surface area contributed by atoms with Crippen LogP contribution in [0.1, 0.15) is 19.8 Å². The van der Waals surface area contributed by atoms with Crippen molar-refractivity contribution in [2.45, 2.75) is 19.8 Å². The molecule has 0 spiro atoms. The molecule has 0 aromatic carbocycles. The Morgan fingerprint density at radius 3 is 2.69 bits per heavy atom. The summed E-state index contributed by atoms with van der Waals surface area (Å²) in [7, 11) is 0. The van der Waals surface area contributed by atoms with E-state index < -0.39 is 0 Å². The van der Waals surface area contributed by atoms with E-state index in [2.05, 4.69) is 11.8 Å². The number of hydrogen-bond acceptors (Lipinski definition) is 3. The third-order valence-corrected chi connectivity index (χ3v) is 2.45. The molecule has 0 bridgehead atoms. The van der Waals surface area contributed by atoms with Gasteiger partial charge in [0.1, 0.15) is 0 Å². The van der Waals surface area contributed by atoms with Crippen LogP contribution in [-0.4, -0.2) is 49.5 Å². The average molecular weight is 187 g/mol. The summed E-state index contributed by atoms with van der Waals surface area (Å²) < 4.78 is 5.23. The molecule has 0 aromatic heterocycles. The second-order valence-electron chi connectivity index (χ2n) is 3.67. The van der Waals surface area contributed by atoms with Gasteiger partial charge in [-0.3, -0.25) is 0 Å². The third kappa shape index (κ3) is 5.24. The molecule has 1 rings (SSSR count). The first kappa shape index (κ1) is 11.0. The molecule has 1 N–H and O–H groups in total. The molecule has 1 aliphatic rings. The summed E-state index contributed by atoms with van der Waals surface area (Å²) in [5.41, 5.74) is 0. The molecule has 1 aliphatic carbocycles. The lowest BCUT2D eigenvalue weighted by molar-refractivity contribution is 0.0737. The Kier molecular flexibility index (Phi) is 5.35. The smallest absolute Gasteiger partial charge is 0.0698 e. The van der Waals surface area contributed by atoms with Gasteiger partial charge in [0.05, 0.1) is 19.8 Å². The minimum absolute atomic E-state index is 0.134. The summed E-state index contributed by atoms with van der Waals surface area (Å²) in [6, 6.07) is 0. The van der Waals surface area contributed by atoms with Crippen molar-refractivity contribution < 1.29 is 9.84 Å². The van der Waals surface area contributed by atoms with Crippen molar-refractivity contribution in [2.24, 2.45) is 5.92 Å². The van der Waals surface area contributed by atoms with Crippen LogP contribution in [0.15, 0.2) is 0 Å². The molecular formula is C10H21NO2. The molecule has 0 amide bonds. The van der Waals surface area contributed by atoms with Crippen molar-refractivity contribution in [3.05, 3.63) is 0 Å². The van der Waals surface area contributed by atoms with Crippen LogP contribution in [-0.2, 0) is 4.74 Å². The van der Waals surface area contributed by atoms with Crippen molar-refractivity contribution in [3.8, 4) is 0 Å². The van der Waals surface area contributed by atoms with E-state index in [9.17, 15) is 0 Å². The first-order valence-electron chi connectivity index (χ1n) is 5.27. The van der Waals surface area contributed by atoms with Gasteiger partial charge in [0.25, 0.3) is 0 Å². The van der Waals surface area contributed by atoms with Gasteiger partial charge < -0.3 is 14.7 Å². The molecule has 0 radical (unpaired) electrons. The Hall–Kier alpha value is -0.120. The summed E-state index contributed by atoms with van der Waals surface area (Å²) in [6.45, 7) is 6.90. The standard InChI is InChI=1S/C10H21NO2/c1-2-11(9-10-3-4-10)5-7-13-8-6-12/h10,12H,2-9H2,1H3. The SMILES string of the molecule is CCN(CCOCCO)CC1CC1. The summed E-state index contributed by atoms with van der Waals surface area (Å²) in [4.78, 5) is 2.43. The van der Waals surface area contributed by atoms with Crippen LogP contribution in [0.2, 0.25) is 0 Å². The van der Waals surface area contributed by atoms with Crippen LogP contribution in [0, 0.1) is 5.92 Å². The highest BCUT2D eigenvalue weighted by Gasteiger charge is 2.23. The normalized spacial score (nSPS) is 16.8. The first-order chi connectivity index (χ1) is 6.36. The van der Waals surface area contributed by atoms with Crippen molar-refractivity contribution in [1.82, 2.24) is 4.90 Å². The Balaban J connectivity index is 1.94. The monoisotopic (exact) mass is 187 g/mol. The lowest BCUT2D eigenvalue weighted by Gasteiger charge is -2.19. The number of likely N-dealkylation sites (N-methyl/N-ethyl adjacent to an activating group) is 1. The fraction of sp³-hybridized carbons (Fsp3) is 1.00. The maximum absolute atomic E-state index is 8.51. The second kappa shape index (κ2) is 6.35. The van der Waals surface area contributed by atoms with Gasteiger partial charge in [0.2, 0.25) is 0 Å². The fourth-order valence-electron chi connectivity index (χ4n) is 1.40. The molecule has 13 heavy (non-hydrogen) atoms. The molecule has 1 saturated carbocycles. The number of aliphatic hydroxyl groups is 1. The van der Waals surface area contributed by atoms with Crippen LogP contribution in [0.5, 0.6) is 0 Å². The topological polar surface area (TPSA) is 32.7 Å². The predicted molar refractivity (Wildman–Crippen MR) is 52.7 cm³/mol. The molecule has 0 saturated heterocycles. The Morgan fingerprint density at radius 1 is 1.38 bits per heavy atom. The summed E-state index contributed by atoms with van der Waals surface area (Å²) >= 11 is 0. The maximum Gasteiger partial charge on any atom is 0.0698 e. The molecule has 0 atom stereocenters. The Labute approximate surface area is 80.7 Å². The lowest BCUT2D eigenvalue weighted by atomic mass is 10.3. The van der Waals surface area contributed by atoms with Gasteiger partial charge in [-0.15, -0.1) is 0 Å². The summed E-state index contributed by atoms with van der Waals surface area (Å²) in [6.07, 6.45) is 2.82. The highest BCUT2D eigenvalue weighted by atomic mass is 16.5. The zero-order valence-corrected chi connectivity index (χ0v) is 8.54. The molecular weight excluding hydrogens is 166 g/mol. The molecule has 0 heterocycles. The van der Waals surface area contributed by atoms with Crippen LogP contribution < -0.4 is 0 Å². The molecule has 0 unspecified atom stereocenters. The van der Waals surface area contributed by atoms with Crippen LogP contribution in [0.3, 0.4) is 0 Å². The van der Waals surface area contributed by atoms with Crippen molar-refractivity contribution in [2.75, 3.05) is 39.5 Å². The quantitative estimate of drug-likeness (QED) is 0.569. The van der Waals surface area contributed by atoms with Crippen LogP contribution >= 0.6 is 0 Å². The second-order valence-corrected chi connectivity index (χ2v) is 3.67. The molecule has 3 heteroatoms. The highest BCUT2D eigenvalue weighted by Crippen LogP contribution is 2.29. The predicted octanol–water partition coefficient (Wildman–Crippen LogP) is 0.727. The number of rotatable bonds is 8. The van der Waals surface area contributed by atoms with Crippen molar-refractivity contribution in [1.29, 1.82) is 0 Å². The average Bonchev–Trinajstić information content (AvgIpc) is 2.94. The fourth-order valence-corrected chi connectivity index (χ4v) is 1.40. The maximum atomic E-state index is 8.51. The number of aliphatic hydroxyl groups excluding tert-OH is 1. The van der Waals surface area contributed by atoms with E-state index in [1.807, 2.05) is 0 Å². The summed E-state index contributed by atoms with van der Waals surface area (Å²) in [5, 5.41) is 8.51. The van der Waals surface area contributed by atoms with Crippen molar-refractivity contribution in [3.63, 3.8) is 0 Å². The van der Waals surface area contributed by atoms with Gasteiger partial charge in [-0.1, -0.05) is 6.92 Å². The number of ether oxygens (including phenoxy) is 1. The molecule has 78 valence electrons. The van der Waals surface area contributed by atoms with E-state index >= 15 is 0 Å². The zero-order valence-electron chi connectivity index (χ0n) is 8.54. The van der Waals surface area contributed by atoms with E-state index in [-0.39, 0.29) is 6.61 Å². The minimum atomic E-state index is 0.134. The number of hydrogen-bond donors (Lipinski definition) is 1. The lowest BCUT2D eigenvalue weighted by Crippen LogP contribution is -2.29. The van der Waals surface area contributed by atoms with Crippen LogP contribution in [0.25, 0.3) is 0 Å². The van der Waals surface area contributed by atoms with Gasteiger partial charge in [-0.2, -0.15) is 0 Å². The number of nitrogens with zero attached hydrogens (tertiary/aromatic N) is 1. The van der Waals surface area contributed by atoms with E-state index in [0.717, 1.165) is 25.6 Å².